The molecule has 1 fully saturated rings. The zero-order chi connectivity index (χ0) is 11.2. The summed E-state index contributed by atoms with van der Waals surface area (Å²) in [6.45, 7) is 2.20. The van der Waals surface area contributed by atoms with Crippen LogP contribution in [0.15, 0.2) is 30.3 Å². The summed E-state index contributed by atoms with van der Waals surface area (Å²) in [7, 11) is 0. The van der Waals surface area contributed by atoms with Crippen LogP contribution in [-0.2, 0) is 9.47 Å². The fourth-order valence-corrected chi connectivity index (χ4v) is 2.21. The molecule has 0 bridgehead atoms. The molecule has 1 aromatic rings. The summed E-state index contributed by atoms with van der Waals surface area (Å²) in [6, 6.07) is 10.4. The largest absolute Gasteiger partial charge is 0.376 e. The summed E-state index contributed by atoms with van der Waals surface area (Å²) in [5, 5.41) is 0.298. The summed E-state index contributed by atoms with van der Waals surface area (Å²) >= 11 is 4.62. The average Bonchev–Trinajstić information content (AvgIpc) is 2.38. The molecule has 0 aromatic heterocycles. The molecular weight excluding hydrogens is 220 g/mol. The molecule has 0 spiro atoms. The van der Waals surface area contributed by atoms with Crippen LogP contribution in [0.1, 0.15) is 23.7 Å². The molecule has 1 aliphatic heterocycles. The van der Waals surface area contributed by atoms with Gasteiger partial charge in [0.25, 0.3) is 0 Å². The van der Waals surface area contributed by atoms with Crippen molar-refractivity contribution in [2.45, 2.75) is 24.2 Å². The van der Waals surface area contributed by atoms with Gasteiger partial charge < -0.3 is 9.47 Å². The zero-order valence-corrected chi connectivity index (χ0v) is 10.2. The first kappa shape index (κ1) is 12.0. The van der Waals surface area contributed by atoms with E-state index in [2.05, 4.69) is 36.9 Å². The van der Waals surface area contributed by atoms with E-state index in [1.807, 2.05) is 6.07 Å². The fourth-order valence-electron chi connectivity index (χ4n) is 1.89. The lowest BCUT2D eigenvalue weighted by atomic mass is 10.1. The minimum absolute atomic E-state index is 0.257. The Balaban J connectivity index is 1.77. The van der Waals surface area contributed by atoms with Crippen LogP contribution in [0.2, 0.25) is 0 Å². The van der Waals surface area contributed by atoms with Crippen LogP contribution < -0.4 is 0 Å². The Kier molecular flexibility index (Phi) is 4.69. The van der Waals surface area contributed by atoms with Gasteiger partial charge in [0.15, 0.2) is 0 Å². The van der Waals surface area contributed by atoms with Gasteiger partial charge in [-0.15, -0.1) is 0 Å². The number of hydrogen-bond donors (Lipinski definition) is 1. The number of hydrogen-bond acceptors (Lipinski definition) is 3. The molecule has 88 valence electrons. The van der Waals surface area contributed by atoms with Crippen molar-refractivity contribution in [2.24, 2.45) is 0 Å². The second-order valence-corrected chi connectivity index (χ2v) is 4.69. The van der Waals surface area contributed by atoms with E-state index in [9.17, 15) is 0 Å². The number of ether oxygens (including phenoxy) is 2. The van der Waals surface area contributed by atoms with E-state index in [0.29, 0.717) is 5.25 Å². The van der Waals surface area contributed by atoms with E-state index >= 15 is 0 Å². The minimum Gasteiger partial charge on any atom is -0.376 e. The first-order valence-corrected chi connectivity index (χ1v) is 6.30. The molecule has 1 heterocycles. The van der Waals surface area contributed by atoms with Crippen molar-refractivity contribution in [1.29, 1.82) is 0 Å². The molecule has 0 amide bonds. The minimum atomic E-state index is 0.257. The lowest BCUT2D eigenvalue weighted by Gasteiger charge is -2.23. The van der Waals surface area contributed by atoms with Crippen molar-refractivity contribution < 1.29 is 9.47 Å². The molecule has 2 unspecified atom stereocenters. The molecule has 1 aromatic carbocycles. The molecule has 0 saturated carbocycles. The van der Waals surface area contributed by atoms with Crippen molar-refractivity contribution in [1.82, 2.24) is 0 Å². The summed E-state index contributed by atoms with van der Waals surface area (Å²) in [5.41, 5.74) is 1.28. The Bertz CT molecular complexity index is 296. The number of benzene rings is 1. The third-order valence-corrected chi connectivity index (χ3v) is 3.39. The van der Waals surface area contributed by atoms with E-state index in [4.69, 9.17) is 9.47 Å². The van der Waals surface area contributed by atoms with E-state index in [-0.39, 0.29) is 6.10 Å². The van der Waals surface area contributed by atoms with Gasteiger partial charge >= 0.3 is 0 Å². The molecule has 2 atom stereocenters. The first-order chi connectivity index (χ1) is 7.86. The molecule has 1 saturated heterocycles. The second kappa shape index (κ2) is 6.28. The monoisotopic (exact) mass is 238 g/mol. The van der Waals surface area contributed by atoms with Crippen LogP contribution in [0, 0.1) is 0 Å². The maximum absolute atomic E-state index is 5.61. The Hall–Kier alpha value is -0.510. The highest BCUT2D eigenvalue weighted by Gasteiger charge is 2.16. The van der Waals surface area contributed by atoms with Crippen molar-refractivity contribution in [3.8, 4) is 0 Å². The van der Waals surface area contributed by atoms with Gasteiger partial charge in [0, 0.05) is 5.25 Å². The lowest BCUT2D eigenvalue weighted by Crippen LogP contribution is -2.28. The Morgan fingerprint density at radius 3 is 2.75 bits per heavy atom. The van der Waals surface area contributed by atoms with Gasteiger partial charge in [-0.3, -0.25) is 0 Å². The number of thiol groups is 1. The number of rotatable bonds is 4. The maximum atomic E-state index is 5.61. The fraction of sp³-hybridized carbons (Fsp3) is 0.538. The highest BCUT2D eigenvalue weighted by atomic mass is 32.1. The normalized spacial score (nSPS) is 22.9. The van der Waals surface area contributed by atoms with Crippen molar-refractivity contribution in [3.63, 3.8) is 0 Å². The standard InChI is InChI=1S/C13H18O2S/c16-13(11-4-2-1-3-5-11)7-6-12-10-14-8-9-15-12/h1-5,12-13,16H,6-10H2. The van der Waals surface area contributed by atoms with Crippen LogP contribution in [0.5, 0.6) is 0 Å². The van der Waals surface area contributed by atoms with Crippen molar-refractivity contribution in [2.75, 3.05) is 19.8 Å². The van der Waals surface area contributed by atoms with E-state index in [1.165, 1.54) is 5.56 Å². The van der Waals surface area contributed by atoms with Gasteiger partial charge in [0.1, 0.15) is 0 Å². The van der Waals surface area contributed by atoms with E-state index < -0.39 is 0 Å². The average molecular weight is 238 g/mol. The van der Waals surface area contributed by atoms with Gasteiger partial charge in [-0.05, 0) is 18.4 Å². The topological polar surface area (TPSA) is 18.5 Å². The van der Waals surface area contributed by atoms with Crippen LogP contribution in [0.4, 0.5) is 0 Å². The Morgan fingerprint density at radius 2 is 2.06 bits per heavy atom. The second-order valence-electron chi connectivity index (χ2n) is 4.07. The third-order valence-electron chi connectivity index (χ3n) is 2.83. The summed E-state index contributed by atoms with van der Waals surface area (Å²) in [5.74, 6) is 0. The molecule has 0 radical (unpaired) electrons. The molecular formula is C13H18O2S. The van der Waals surface area contributed by atoms with Gasteiger partial charge in [0.05, 0.1) is 25.9 Å². The quantitative estimate of drug-likeness (QED) is 0.813. The molecule has 3 heteroatoms. The smallest absolute Gasteiger partial charge is 0.0810 e. The first-order valence-electron chi connectivity index (χ1n) is 5.78. The molecule has 0 aliphatic carbocycles. The van der Waals surface area contributed by atoms with Crippen molar-refractivity contribution >= 4 is 12.6 Å². The molecule has 2 nitrogen and oxygen atoms in total. The van der Waals surface area contributed by atoms with Gasteiger partial charge in [0.2, 0.25) is 0 Å². The van der Waals surface area contributed by atoms with Crippen LogP contribution in [0.3, 0.4) is 0 Å². The van der Waals surface area contributed by atoms with Crippen LogP contribution in [-0.4, -0.2) is 25.9 Å². The van der Waals surface area contributed by atoms with Gasteiger partial charge in [-0.1, -0.05) is 30.3 Å². The third kappa shape index (κ3) is 3.51. The Morgan fingerprint density at radius 1 is 1.25 bits per heavy atom. The highest BCUT2D eigenvalue weighted by molar-refractivity contribution is 7.80. The lowest BCUT2D eigenvalue weighted by molar-refractivity contribution is -0.0910. The highest BCUT2D eigenvalue weighted by Crippen LogP contribution is 2.26. The van der Waals surface area contributed by atoms with Crippen LogP contribution >= 0.6 is 12.6 Å². The molecule has 16 heavy (non-hydrogen) atoms. The summed E-state index contributed by atoms with van der Waals surface area (Å²) in [6.07, 6.45) is 2.30. The van der Waals surface area contributed by atoms with Gasteiger partial charge in [-0.2, -0.15) is 12.6 Å². The SMILES string of the molecule is SC(CCC1COCCO1)c1ccccc1. The molecule has 1 aliphatic rings. The van der Waals surface area contributed by atoms with Crippen LogP contribution in [0.25, 0.3) is 0 Å². The summed E-state index contributed by atoms with van der Waals surface area (Å²) in [4.78, 5) is 0. The molecule has 2 rings (SSSR count). The predicted molar refractivity (Wildman–Crippen MR) is 68.0 cm³/mol. The van der Waals surface area contributed by atoms with E-state index in [0.717, 1.165) is 32.7 Å². The van der Waals surface area contributed by atoms with Gasteiger partial charge in [-0.25, -0.2) is 0 Å². The van der Waals surface area contributed by atoms with E-state index in [1.54, 1.807) is 0 Å². The zero-order valence-electron chi connectivity index (χ0n) is 9.34. The Labute approximate surface area is 102 Å². The summed E-state index contributed by atoms with van der Waals surface area (Å²) < 4.78 is 11.0. The predicted octanol–water partition coefficient (Wildman–Crippen LogP) is 2.85. The molecule has 0 N–H and O–H groups in total. The van der Waals surface area contributed by atoms with Crippen molar-refractivity contribution in [3.05, 3.63) is 35.9 Å². The maximum Gasteiger partial charge on any atom is 0.0810 e.